The van der Waals surface area contributed by atoms with Gasteiger partial charge in [0.25, 0.3) is 0 Å². The number of carbonyl (C=O) groups excluding carboxylic acids is 2. The van der Waals surface area contributed by atoms with Crippen molar-refractivity contribution in [3.8, 4) is 0 Å². The van der Waals surface area contributed by atoms with Gasteiger partial charge in [0.05, 0.1) is 18.2 Å². The first-order valence-corrected chi connectivity index (χ1v) is 13.1. The number of alkyl halides is 6. The Hall–Kier alpha value is -3.45. The van der Waals surface area contributed by atoms with E-state index in [-0.39, 0.29) is 30.9 Å². The maximum atomic E-state index is 13.5. The van der Waals surface area contributed by atoms with Gasteiger partial charge < -0.3 is 24.3 Å². The SMILES string of the molecule is CCC1CC(N(Cc2cc(C(F)(F)F)cc(C(F)(F)F)c2)C(=O)OC)CC(Cc2ncc[nH]2)N1C(=O)OC(C)(C)C. The number of benzene rings is 1. The lowest BCUT2D eigenvalue weighted by atomic mass is 9.87. The maximum absolute atomic E-state index is 13.5. The largest absolute Gasteiger partial charge is 0.453 e. The van der Waals surface area contributed by atoms with Crippen LogP contribution in [-0.4, -0.2) is 62.8 Å². The van der Waals surface area contributed by atoms with E-state index in [1.165, 1.54) is 6.20 Å². The van der Waals surface area contributed by atoms with Gasteiger partial charge in [-0.3, -0.25) is 0 Å². The zero-order valence-corrected chi connectivity index (χ0v) is 23.4. The Morgan fingerprint density at radius 2 is 1.61 bits per heavy atom. The number of nitrogens with zero attached hydrogens (tertiary/aromatic N) is 3. The van der Waals surface area contributed by atoms with Crippen LogP contribution in [0, 0.1) is 0 Å². The zero-order valence-electron chi connectivity index (χ0n) is 23.4. The summed E-state index contributed by atoms with van der Waals surface area (Å²) in [5.74, 6) is 0.552. The Labute approximate surface area is 234 Å². The second-order valence-corrected chi connectivity index (χ2v) is 11.0. The minimum atomic E-state index is -5.04. The molecule has 0 saturated carbocycles. The number of ether oxygens (including phenoxy) is 2. The highest BCUT2D eigenvalue weighted by Gasteiger charge is 2.43. The van der Waals surface area contributed by atoms with Gasteiger partial charge in [-0.25, -0.2) is 14.6 Å². The van der Waals surface area contributed by atoms with Crippen LogP contribution < -0.4 is 0 Å². The molecule has 3 rings (SSSR count). The summed E-state index contributed by atoms with van der Waals surface area (Å²) in [5.41, 5.74) is -4.11. The molecular formula is C27H34F6N4O4. The number of aromatic nitrogens is 2. The lowest BCUT2D eigenvalue weighted by molar-refractivity contribution is -0.143. The number of amides is 2. The molecule has 14 heteroatoms. The molecule has 0 spiro atoms. The number of H-pyrrole nitrogens is 1. The number of aromatic amines is 1. The van der Waals surface area contributed by atoms with Crippen LogP contribution in [-0.2, 0) is 34.8 Å². The van der Waals surface area contributed by atoms with Gasteiger partial charge in [-0.2, -0.15) is 26.3 Å². The van der Waals surface area contributed by atoms with Gasteiger partial charge in [-0.15, -0.1) is 0 Å². The minimum Gasteiger partial charge on any atom is -0.453 e. The molecule has 0 bridgehead atoms. The summed E-state index contributed by atoms with van der Waals surface area (Å²) in [6.45, 7) is 6.44. The molecule has 1 aromatic carbocycles. The molecule has 1 aromatic heterocycles. The summed E-state index contributed by atoms with van der Waals surface area (Å²) < 4.78 is 91.5. The highest BCUT2D eigenvalue weighted by molar-refractivity contribution is 5.70. The normalized spacial score (nSPS) is 20.1. The summed E-state index contributed by atoms with van der Waals surface area (Å²) in [4.78, 5) is 36.2. The third kappa shape index (κ3) is 8.29. The number of carbonyl (C=O) groups is 2. The van der Waals surface area contributed by atoms with E-state index in [2.05, 4.69) is 9.97 Å². The molecule has 1 aliphatic rings. The lowest BCUT2D eigenvalue weighted by Crippen LogP contribution is -2.58. The van der Waals surface area contributed by atoms with Gasteiger partial charge in [0, 0.05) is 43.5 Å². The van der Waals surface area contributed by atoms with E-state index in [4.69, 9.17) is 9.47 Å². The molecule has 2 amide bonds. The van der Waals surface area contributed by atoms with E-state index >= 15 is 0 Å². The molecule has 3 atom stereocenters. The standard InChI is InChI=1S/C27H34F6N4O4/c1-6-19-12-20(13-21(14-22-34-7-8-35-22)37(19)24(39)41-25(2,3)4)36(23(38)40-5)15-16-9-17(26(28,29)30)11-18(10-16)27(31,32)33/h7-11,19-21H,6,12-15H2,1-5H3,(H,34,35). The third-order valence-electron chi connectivity index (χ3n) is 6.78. The highest BCUT2D eigenvalue weighted by atomic mass is 19.4. The van der Waals surface area contributed by atoms with Crippen molar-refractivity contribution in [2.75, 3.05) is 7.11 Å². The smallest absolute Gasteiger partial charge is 0.416 e. The second kappa shape index (κ2) is 12.2. The Bertz CT molecular complexity index is 1160. The van der Waals surface area contributed by atoms with E-state index in [1.807, 2.05) is 6.92 Å². The van der Waals surface area contributed by atoms with Crippen molar-refractivity contribution in [2.45, 2.75) is 96.0 Å². The second-order valence-electron chi connectivity index (χ2n) is 11.0. The molecule has 1 fully saturated rings. The Kier molecular flexibility index (Phi) is 9.54. The molecule has 8 nitrogen and oxygen atoms in total. The first-order valence-electron chi connectivity index (χ1n) is 13.1. The van der Waals surface area contributed by atoms with Crippen molar-refractivity contribution in [1.29, 1.82) is 0 Å². The molecule has 228 valence electrons. The Balaban J connectivity index is 2.01. The zero-order chi connectivity index (χ0) is 30.8. The molecule has 1 N–H and O–H groups in total. The van der Waals surface area contributed by atoms with Crippen LogP contribution in [0.25, 0.3) is 0 Å². The number of piperidine rings is 1. The topological polar surface area (TPSA) is 87.8 Å². The number of nitrogens with one attached hydrogen (secondary N) is 1. The van der Waals surface area contributed by atoms with Crippen LogP contribution in [0.15, 0.2) is 30.6 Å². The molecule has 2 heterocycles. The predicted molar refractivity (Wildman–Crippen MR) is 136 cm³/mol. The van der Waals surface area contributed by atoms with Crippen LogP contribution in [0.5, 0.6) is 0 Å². The average molecular weight is 593 g/mol. The van der Waals surface area contributed by atoms with E-state index in [0.717, 1.165) is 12.0 Å². The number of hydrogen-bond donors (Lipinski definition) is 1. The third-order valence-corrected chi connectivity index (χ3v) is 6.78. The van der Waals surface area contributed by atoms with Crippen LogP contribution >= 0.6 is 0 Å². The van der Waals surface area contributed by atoms with Crippen LogP contribution in [0.2, 0.25) is 0 Å². The van der Waals surface area contributed by atoms with Gasteiger partial charge in [0.1, 0.15) is 11.4 Å². The van der Waals surface area contributed by atoms with Crippen molar-refractivity contribution < 1.29 is 45.4 Å². The summed E-state index contributed by atoms with van der Waals surface area (Å²) in [6, 6.07) is -0.466. The van der Waals surface area contributed by atoms with Gasteiger partial charge in [-0.1, -0.05) is 6.92 Å². The van der Waals surface area contributed by atoms with E-state index in [9.17, 15) is 35.9 Å². The van der Waals surface area contributed by atoms with Crippen LogP contribution in [0.3, 0.4) is 0 Å². The Morgan fingerprint density at radius 1 is 1.02 bits per heavy atom. The lowest BCUT2D eigenvalue weighted by Gasteiger charge is -2.47. The minimum absolute atomic E-state index is 0.0395. The fourth-order valence-electron chi connectivity index (χ4n) is 5.06. The number of likely N-dealkylation sites (tertiary alicyclic amines) is 1. The molecule has 1 saturated heterocycles. The number of halogens is 6. The fraction of sp³-hybridized carbons (Fsp3) is 0.593. The average Bonchev–Trinajstić information content (AvgIpc) is 3.37. The van der Waals surface area contributed by atoms with Crippen LogP contribution in [0.1, 0.15) is 69.5 Å². The highest BCUT2D eigenvalue weighted by Crippen LogP contribution is 2.38. The van der Waals surface area contributed by atoms with Gasteiger partial charge in [0.2, 0.25) is 0 Å². The molecule has 41 heavy (non-hydrogen) atoms. The first kappa shape index (κ1) is 32.1. The number of rotatable bonds is 6. The number of hydrogen-bond acceptors (Lipinski definition) is 5. The van der Waals surface area contributed by atoms with Crippen molar-refractivity contribution in [2.24, 2.45) is 0 Å². The van der Waals surface area contributed by atoms with Gasteiger partial charge >= 0.3 is 24.5 Å². The van der Waals surface area contributed by atoms with Crippen molar-refractivity contribution in [3.63, 3.8) is 0 Å². The first-order chi connectivity index (χ1) is 18.9. The quantitative estimate of drug-likeness (QED) is 0.373. The van der Waals surface area contributed by atoms with Gasteiger partial charge in [0.15, 0.2) is 0 Å². The maximum Gasteiger partial charge on any atom is 0.416 e. The molecule has 2 aromatic rings. The van der Waals surface area contributed by atoms with E-state index in [0.29, 0.717) is 24.4 Å². The number of imidazole rings is 1. The summed E-state index contributed by atoms with van der Waals surface area (Å²) in [6.07, 6.45) is -7.37. The molecule has 1 aliphatic heterocycles. The Morgan fingerprint density at radius 3 is 2.07 bits per heavy atom. The van der Waals surface area contributed by atoms with Crippen molar-refractivity contribution >= 4 is 12.2 Å². The monoisotopic (exact) mass is 592 g/mol. The fourth-order valence-corrected chi connectivity index (χ4v) is 5.06. The summed E-state index contributed by atoms with van der Waals surface area (Å²) in [7, 11) is 1.08. The molecule has 0 radical (unpaired) electrons. The van der Waals surface area contributed by atoms with Crippen LogP contribution in [0.4, 0.5) is 35.9 Å². The van der Waals surface area contributed by atoms with E-state index < -0.39 is 65.9 Å². The van der Waals surface area contributed by atoms with Crippen molar-refractivity contribution in [3.05, 3.63) is 53.1 Å². The van der Waals surface area contributed by atoms with E-state index in [1.54, 1.807) is 31.9 Å². The molecule has 0 aliphatic carbocycles. The molecule has 3 unspecified atom stereocenters. The molecular weight excluding hydrogens is 558 g/mol. The predicted octanol–water partition coefficient (Wildman–Crippen LogP) is 6.81. The number of methoxy groups -OCH3 is 1. The van der Waals surface area contributed by atoms with Crippen molar-refractivity contribution in [1.82, 2.24) is 19.8 Å². The summed E-state index contributed by atoms with van der Waals surface area (Å²) in [5, 5.41) is 0. The van der Waals surface area contributed by atoms with Gasteiger partial charge in [-0.05, 0) is 63.8 Å². The summed E-state index contributed by atoms with van der Waals surface area (Å²) >= 11 is 0.